The number of hydrogen-bond acceptors (Lipinski definition) is 4. The van der Waals surface area contributed by atoms with Crippen molar-refractivity contribution in [2.24, 2.45) is 0 Å². The number of likely N-dealkylation sites (N-methyl/N-ethyl adjacent to an activating group) is 1. The summed E-state index contributed by atoms with van der Waals surface area (Å²) in [5.41, 5.74) is 1.80. The molecule has 2 rings (SSSR count). The number of nitrogens with zero attached hydrogens (tertiary/aromatic N) is 4. The summed E-state index contributed by atoms with van der Waals surface area (Å²) in [6.07, 6.45) is 1.71. The number of nitrogens with one attached hydrogen (secondary N) is 1. The minimum Gasteiger partial charge on any atom is -0.334 e. The third-order valence-electron chi connectivity index (χ3n) is 3.79. The van der Waals surface area contributed by atoms with Crippen LogP contribution in [-0.2, 0) is 9.59 Å². The van der Waals surface area contributed by atoms with Crippen LogP contribution in [0.5, 0.6) is 0 Å². The summed E-state index contributed by atoms with van der Waals surface area (Å²) in [7, 11) is 1.50. The van der Waals surface area contributed by atoms with Crippen LogP contribution in [0.15, 0.2) is 36.5 Å². The number of nitriles is 1. The van der Waals surface area contributed by atoms with Crippen molar-refractivity contribution in [3.63, 3.8) is 0 Å². The summed E-state index contributed by atoms with van der Waals surface area (Å²) < 4.78 is 1.57. The van der Waals surface area contributed by atoms with Crippen molar-refractivity contribution >= 4 is 17.6 Å². The third kappa shape index (κ3) is 3.60. The van der Waals surface area contributed by atoms with Crippen LogP contribution in [0.3, 0.4) is 0 Å². The molecule has 0 spiro atoms. The van der Waals surface area contributed by atoms with Crippen LogP contribution in [0, 0.1) is 18.3 Å². The van der Waals surface area contributed by atoms with Gasteiger partial charge in [-0.05, 0) is 25.5 Å². The van der Waals surface area contributed by atoms with E-state index >= 15 is 0 Å². The molecule has 0 saturated carbocycles. The van der Waals surface area contributed by atoms with Gasteiger partial charge in [-0.3, -0.25) is 9.59 Å². The van der Waals surface area contributed by atoms with Crippen molar-refractivity contribution in [3.05, 3.63) is 42.1 Å². The molecular formula is C17H19N5O2. The Morgan fingerprint density at radius 1 is 1.38 bits per heavy atom. The highest BCUT2D eigenvalue weighted by Gasteiger charge is 2.23. The number of aryl methyl sites for hydroxylation is 1. The van der Waals surface area contributed by atoms with E-state index in [1.807, 2.05) is 37.3 Å². The lowest BCUT2D eigenvalue weighted by molar-refractivity contribution is -0.143. The summed E-state index contributed by atoms with van der Waals surface area (Å²) in [5.74, 6) is -1.06. The van der Waals surface area contributed by atoms with Crippen LogP contribution in [0.4, 0.5) is 5.82 Å². The maximum absolute atomic E-state index is 12.2. The molecule has 7 heteroatoms. The second kappa shape index (κ2) is 7.42. The van der Waals surface area contributed by atoms with E-state index in [1.54, 1.807) is 23.9 Å². The maximum Gasteiger partial charge on any atom is 0.315 e. The Labute approximate surface area is 140 Å². The number of rotatable bonds is 4. The maximum atomic E-state index is 12.2. The average molecular weight is 325 g/mol. The molecule has 2 amide bonds. The molecule has 0 unspecified atom stereocenters. The molecule has 24 heavy (non-hydrogen) atoms. The molecule has 2 aromatic rings. The fourth-order valence-electron chi connectivity index (χ4n) is 2.19. The molecule has 7 nitrogen and oxygen atoms in total. The summed E-state index contributed by atoms with van der Waals surface area (Å²) in [5, 5.41) is 15.5. The lowest BCUT2D eigenvalue weighted by atomic mass is 10.2. The zero-order valence-corrected chi connectivity index (χ0v) is 13.9. The van der Waals surface area contributed by atoms with Crippen LogP contribution in [0.2, 0.25) is 0 Å². The van der Waals surface area contributed by atoms with E-state index in [0.29, 0.717) is 5.82 Å². The summed E-state index contributed by atoms with van der Waals surface area (Å²) in [4.78, 5) is 25.6. The highest BCUT2D eigenvalue weighted by Crippen LogP contribution is 2.18. The molecule has 0 aliphatic carbocycles. The van der Waals surface area contributed by atoms with Crippen molar-refractivity contribution < 1.29 is 9.59 Å². The second-order valence-corrected chi connectivity index (χ2v) is 5.50. The Morgan fingerprint density at radius 2 is 2.08 bits per heavy atom. The first-order chi connectivity index (χ1) is 11.5. The number of aromatic nitrogens is 2. The Bertz CT molecular complexity index is 790. The van der Waals surface area contributed by atoms with E-state index in [1.165, 1.54) is 11.9 Å². The fraction of sp³-hybridized carbons (Fsp3) is 0.294. The predicted octanol–water partition coefficient (Wildman–Crippen LogP) is 1.88. The van der Waals surface area contributed by atoms with E-state index in [9.17, 15) is 9.59 Å². The molecule has 0 aliphatic rings. The number of anilines is 1. The molecule has 1 aromatic heterocycles. The fourth-order valence-corrected chi connectivity index (χ4v) is 2.19. The van der Waals surface area contributed by atoms with Crippen molar-refractivity contribution in [1.82, 2.24) is 14.7 Å². The Morgan fingerprint density at radius 3 is 2.75 bits per heavy atom. The van der Waals surface area contributed by atoms with Crippen molar-refractivity contribution in [1.29, 1.82) is 5.26 Å². The van der Waals surface area contributed by atoms with Gasteiger partial charge in [-0.2, -0.15) is 10.4 Å². The summed E-state index contributed by atoms with van der Waals surface area (Å²) >= 11 is 0. The minimum absolute atomic E-state index is 0.163. The molecule has 0 radical (unpaired) electrons. The molecule has 0 aliphatic heterocycles. The summed E-state index contributed by atoms with van der Waals surface area (Å²) in [6.45, 7) is 3.65. The molecule has 1 N–H and O–H groups in total. The van der Waals surface area contributed by atoms with Gasteiger partial charge in [0.25, 0.3) is 0 Å². The van der Waals surface area contributed by atoms with Gasteiger partial charge in [0.2, 0.25) is 0 Å². The van der Waals surface area contributed by atoms with Crippen molar-refractivity contribution in [3.8, 4) is 11.8 Å². The minimum atomic E-state index is -0.766. The van der Waals surface area contributed by atoms with Crippen LogP contribution >= 0.6 is 0 Å². The number of carbonyl (C=O) groups excluding carboxylic acids is 2. The second-order valence-electron chi connectivity index (χ2n) is 5.50. The van der Waals surface area contributed by atoms with Gasteiger partial charge in [0, 0.05) is 19.2 Å². The molecule has 0 saturated heterocycles. The quantitative estimate of drug-likeness (QED) is 0.869. The molecule has 1 atom stereocenters. The van der Waals surface area contributed by atoms with Gasteiger partial charge in [0.1, 0.15) is 5.82 Å². The van der Waals surface area contributed by atoms with E-state index in [0.717, 1.165) is 11.3 Å². The van der Waals surface area contributed by atoms with Gasteiger partial charge in [-0.15, -0.1) is 0 Å². The molecule has 124 valence electrons. The lowest BCUT2D eigenvalue weighted by Gasteiger charge is -2.22. The molecule has 0 fully saturated rings. The van der Waals surface area contributed by atoms with Gasteiger partial charge in [0.05, 0.1) is 24.4 Å². The molecule has 0 bridgehead atoms. The van der Waals surface area contributed by atoms with Gasteiger partial charge in [-0.1, -0.05) is 18.2 Å². The van der Waals surface area contributed by atoms with Crippen molar-refractivity contribution in [2.75, 3.05) is 12.4 Å². The van der Waals surface area contributed by atoms with E-state index in [-0.39, 0.29) is 12.5 Å². The largest absolute Gasteiger partial charge is 0.334 e. The van der Waals surface area contributed by atoms with Gasteiger partial charge in [-0.25, -0.2) is 4.68 Å². The molecule has 1 aromatic carbocycles. The number of benzene rings is 1. The van der Waals surface area contributed by atoms with Crippen LogP contribution in [0.25, 0.3) is 5.69 Å². The smallest absolute Gasteiger partial charge is 0.315 e. The van der Waals surface area contributed by atoms with Gasteiger partial charge >= 0.3 is 11.8 Å². The monoisotopic (exact) mass is 325 g/mol. The van der Waals surface area contributed by atoms with Crippen LogP contribution < -0.4 is 5.32 Å². The number of para-hydroxylation sites is 1. The number of hydrogen-bond donors (Lipinski definition) is 1. The van der Waals surface area contributed by atoms with Gasteiger partial charge < -0.3 is 10.2 Å². The first-order valence-corrected chi connectivity index (χ1v) is 7.50. The lowest BCUT2D eigenvalue weighted by Crippen LogP contribution is -2.42. The summed E-state index contributed by atoms with van der Waals surface area (Å²) in [6, 6.07) is 10.9. The van der Waals surface area contributed by atoms with E-state index in [4.69, 9.17) is 5.26 Å². The number of carbonyl (C=O) groups is 2. The highest BCUT2D eigenvalue weighted by molar-refractivity contribution is 6.39. The molecular weight excluding hydrogens is 306 g/mol. The Hall–Kier alpha value is -3.14. The topological polar surface area (TPSA) is 91.0 Å². The Balaban J connectivity index is 2.17. The first kappa shape index (κ1) is 17.2. The highest BCUT2D eigenvalue weighted by atomic mass is 16.2. The zero-order valence-electron chi connectivity index (χ0n) is 13.9. The number of amides is 2. The average Bonchev–Trinajstić information content (AvgIpc) is 3.02. The SMILES string of the molecule is Cc1ccccc1-n1nccc1NC(=O)C(=O)N(C)[C@@H](C)CC#N. The van der Waals surface area contributed by atoms with Crippen LogP contribution in [-0.4, -0.2) is 39.6 Å². The third-order valence-corrected chi connectivity index (χ3v) is 3.79. The van der Waals surface area contributed by atoms with Crippen LogP contribution in [0.1, 0.15) is 18.9 Å². The van der Waals surface area contributed by atoms with E-state index in [2.05, 4.69) is 10.4 Å². The van der Waals surface area contributed by atoms with E-state index < -0.39 is 11.8 Å². The zero-order chi connectivity index (χ0) is 17.7. The predicted molar refractivity (Wildman–Crippen MR) is 89.4 cm³/mol. The first-order valence-electron chi connectivity index (χ1n) is 7.50. The van der Waals surface area contributed by atoms with Gasteiger partial charge in [0.15, 0.2) is 0 Å². The normalized spacial score (nSPS) is 11.4. The Kier molecular flexibility index (Phi) is 5.32. The standard InChI is InChI=1S/C17H19N5O2/c1-12-6-4-5-7-14(12)22-15(9-11-19-22)20-16(23)17(24)21(3)13(2)8-10-18/h4-7,9,11,13H,8H2,1-3H3,(H,20,23)/t13-/m0/s1. The van der Waals surface area contributed by atoms with Crippen molar-refractivity contribution in [2.45, 2.75) is 26.3 Å². The molecule has 1 heterocycles.